The summed E-state index contributed by atoms with van der Waals surface area (Å²) in [6, 6.07) is 3.36. The van der Waals surface area contributed by atoms with Gasteiger partial charge in [-0.2, -0.15) is 4.72 Å². The average Bonchev–Trinajstić information content (AvgIpc) is 2.53. The van der Waals surface area contributed by atoms with Gasteiger partial charge in [-0.1, -0.05) is 13.3 Å². The molecule has 1 rings (SSSR count). The number of hydrogen-bond acceptors (Lipinski definition) is 5. The number of methoxy groups -OCH3 is 2. The van der Waals surface area contributed by atoms with Crippen LogP contribution < -0.4 is 19.5 Å². The van der Waals surface area contributed by atoms with E-state index in [1.807, 2.05) is 13.8 Å². The molecule has 0 unspecified atom stereocenters. The normalized spacial score (nSPS) is 13.9. The van der Waals surface area contributed by atoms with Gasteiger partial charge in [0.05, 0.1) is 25.2 Å². The lowest BCUT2D eigenvalue weighted by Crippen LogP contribution is -2.47. The molecule has 0 radical (unpaired) electrons. The number of ether oxygens (including phenoxy) is 2. The molecule has 0 spiro atoms. The molecule has 0 aliphatic rings. The third-order valence-electron chi connectivity index (χ3n) is 3.50. The monoisotopic (exact) mass is 358 g/mol. The predicted molar refractivity (Wildman–Crippen MR) is 91.8 cm³/mol. The van der Waals surface area contributed by atoms with Crippen LogP contribution >= 0.6 is 0 Å². The maximum absolute atomic E-state index is 12.4. The smallest absolute Gasteiger partial charge is 0.241 e. The maximum Gasteiger partial charge on any atom is 0.241 e. The molecule has 0 bridgehead atoms. The van der Waals surface area contributed by atoms with Gasteiger partial charge >= 0.3 is 0 Å². The lowest BCUT2D eigenvalue weighted by molar-refractivity contribution is -0.123. The van der Waals surface area contributed by atoms with Crippen molar-refractivity contribution in [1.82, 2.24) is 10.0 Å². The number of rotatable bonds is 9. The molecule has 0 fully saturated rings. The van der Waals surface area contributed by atoms with Crippen LogP contribution in [0.15, 0.2) is 23.1 Å². The first kappa shape index (κ1) is 20.2. The van der Waals surface area contributed by atoms with Gasteiger partial charge < -0.3 is 14.8 Å². The first-order chi connectivity index (χ1) is 11.2. The zero-order chi connectivity index (χ0) is 18.3. The van der Waals surface area contributed by atoms with E-state index in [4.69, 9.17) is 9.47 Å². The van der Waals surface area contributed by atoms with Crippen LogP contribution in [0, 0.1) is 0 Å². The van der Waals surface area contributed by atoms with Crippen LogP contribution in [0.5, 0.6) is 11.5 Å². The number of carbonyl (C=O) groups is 1. The summed E-state index contributed by atoms with van der Waals surface area (Å²) in [5, 5.41) is 2.78. The zero-order valence-corrected chi connectivity index (χ0v) is 15.6. The molecule has 7 nitrogen and oxygen atoms in total. The highest BCUT2D eigenvalue weighted by molar-refractivity contribution is 7.89. The Labute approximate surface area is 143 Å². The largest absolute Gasteiger partial charge is 0.493 e. The first-order valence-electron chi connectivity index (χ1n) is 7.79. The molecular formula is C16H26N2O5S. The molecule has 0 aromatic heterocycles. The van der Waals surface area contributed by atoms with E-state index in [1.165, 1.54) is 39.3 Å². The summed E-state index contributed by atoms with van der Waals surface area (Å²) >= 11 is 0. The Morgan fingerprint density at radius 1 is 1.17 bits per heavy atom. The van der Waals surface area contributed by atoms with Crippen LogP contribution in [0.3, 0.4) is 0 Å². The van der Waals surface area contributed by atoms with Crippen molar-refractivity contribution in [2.75, 3.05) is 14.2 Å². The minimum absolute atomic E-state index is 0.00130. The van der Waals surface area contributed by atoms with E-state index in [2.05, 4.69) is 10.0 Å². The molecule has 136 valence electrons. The van der Waals surface area contributed by atoms with Crippen LogP contribution in [-0.4, -0.2) is 40.6 Å². The summed E-state index contributed by atoms with van der Waals surface area (Å²) in [5.41, 5.74) is 0. The van der Waals surface area contributed by atoms with E-state index < -0.39 is 16.1 Å². The van der Waals surface area contributed by atoms with Crippen molar-refractivity contribution < 1.29 is 22.7 Å². The zero-order valence-electron chi connectivity index (χ0n) is 14.8. The molecule has 1 aromatic rings. The van der Waals surface area contributed by atoms with Gasteiger partial charge in [0, 0.05) is 12.1 Å². The minimum Gasteiger partial charge on any atom is -0.493 e. The van der Waals surface area contributed by atoms with Gasteiger partial charge in [0.2, 0.25) is 15.9 Å². The van der Waals surface area contributed by atoms with Crippen LogP contribution in [0.2, 0.25) is 0 Å². The van der Waals surface area contributed by atoms with E-state index in [0.29, 0.717) is 11.5 Å². The van der Waals surface area contributed by atoms with Gasteiger partial charge in [-0.05, 0) is 32.4 Å². The van der Waals surface area contributed by atoms with Gasteiger partial charge in [0.1, 0.15) is 0 Å². The van der Waals surface area contributed by atoms with Crippen molar-refractivity contribution >= 4 is 15.9 Å². The predicted octanol–water partition coefficient (Wildman–Crippen LogP) is 1.68. The average molecular weight is 358 g/mol. The molecule has 24 heavy (non-hydrogen) atoms. The van der Waals surface area contributed by atoms with Crippen LogP contribution in [0.25, 0.3) is 0 Å². The lowest BCUT2D eigenvalue weighted by atomic mass is 10.2. The molecule has 0 saturated carbocycles. The second-order valence-corrected chi connectivity index (χ2v) is 7.27. The van der Waals surface area contributed by atoms with Crippen molar-refractivity contribution in [3.63, 3.8) is 0 Å². The summed E-state index contributed by atoms with van der Waals surface area (Å²) in [4.78, 5) is 12.1. The Bertz CT molecular complexity index is 660. The van der Waals surface area contributed by atoms with E-state index in [0.717, 1.165) is 12.8 Å². The topological polar surface area (TPSA) is 93.7 Å². The molecule has 2 N–H and O–H groups in total. The van der Waals surface area contributed by atoms with Gasteiger partial charge in [0.25, 0.3) is 0 Å². The summed E-state index contributed by atoms with van der Waals surface area (Å²) in [6.07, 6.45) is 1.77. The summed E-state index contributed by atoms with van der Waals surface area (Å²) in [6.45, 7) is 5.41. The highest BCUT2D eigenvalue weighted by Crippen LogP contribution is 2.29. The fourth-order valence-corrected chi connectivity index (χ4v) is 3.43. The molecular weight excluding hydrogens is 332 g/mol. The standard InChI is InChI=1S/C16H26N2O5S/c1-6-7-11(2)17-16(19)12(3)18-24(20,21)13-8-9-14(22-4)15(10-13)23-5/h8-12,18H,6-7H2,1-5H3,(H,17,19)/t11-,12-/m0/s1. The SMILES string of the molecule is CCC[C@H](C)NC(=O)[C@H](C)NS(=O)(=O)c1ccc(OC)c(OC)c1. The second-order valence-electron chi connectivity index (χ2n) is 5.56. The number of benzene rings is 1. The van der Waals surface area contributed by atoms with Crippen LogP contribution in [-0.2, 0) is 14.8 Å². The Balaban J connectivity index is 2.87. The van der Waals surface area contributed by atoms with Crippen LogP contribution in [0.1, 0.15) is 33.6 Å². The Morgan fingerprint density at radius 3 is 2.33 bits per heavy atom. The fourth-order valence-electron chi connectivity index (χ4n) is 2.21. The molecule has 0 heterocycles. The Hall–Kier alpha value is -1.80. The van der Waals surface area contributed by atoms with Gasteiger partial charge in [-0.3, -0.25) is 4.79 Å². The van der Waals surface area contributed by atoms with Crippen molar-refractivity contribution in [1.29, 1.82) is 0 Å². The molecule has 2 atom stereocenters. The molecule has 8 heteroatoms. The van der Waals surface area contributed by atoms with E-state index in [9.17, 15) is 13.2 Å². The number of nitrogens with one attached hydrogen (secondary N) is 2. The Kier molecular flexibility index (Phi) is 7.50. The molecule has 0 aliphatic heterocycles. The maximum atomic E-state index is 12.4. The molecule has 1 amide bonds. The second kappa shape index (κ2) is 8.89. The molecule has 0 aliphatic carbocycles. The minimum atomic E-state index is -3.86. The number of hydrogen-bond donors (Lipinski definition) is 2. The number of carbonyl (C=O) groups excluding carboxylic acids is 1. The Morgan fingerprint density at radius 2 is 1.79 bits per heavy atom. The third kappa shape index (κ3) is 5.38. The van der Waals surface area contributed by atoms with Crippen molar-refractivity contribution in [3.05, 3.63) is 18.2 Å². The van der Waals surface area contributed by atoms with E-state index >= 15 is 0 Å². The molecule has 0 saturated heterocycles. The number of amides is 1. The quantitative estimate of drug-likeness (QED) is 0.700. The van der Waals surface area contributed by atoms with Crippen molar-refractivity contribution in [2.45, 2.75) is 50.6 Å². The number of sulfonamides is 1. The third-order valence-corrected chi connectivity index (χ3v) is 5.04. The lowest BCUT2D eigenvalue weighted by Gasteiger charge is -2.18. The summed E-state index contributed by atoms with van der Waals surface area (Å²) in [5.74, 6) is 0.365. The molecule has 1 aromatic carbocycles. The van der Waals surface area contributed by atoms with Crippen molar-refractivity contribution in [3.8, 4) is 11.5 Å². The van der Waals surface area contributed by atoms with Crippen molar-refractivity contribution in [2.24, 2.45) is 0 Å². The summed E-state index contributed by atoms with van der Waals surface area (Å²) in [7, 11) is -0.967. The van der Waals surface area contributed by atoms with Crippen LogP contribution in [0.4, 0.5) is 0 Å². The van der Waals surface area contributed by atoms with Gasteiger partial charge in [0.15, 0.2) is 11.5 Å². The summed E-state index contributed by atoms with van der Waals surface area (Å²) < 4.78 is 37.4. The first-order valence-corrected chi connectivity index (χ1v) is 9.28. The van der Waals surface area contributed by atoms with E-state index in [-0.39, 0.29) is 16.8 Å². The van der Waals surface area contributed by atoms with Gasteiger partial charge in [-0.15, -0.1) is 0 Å². The van der Waals surface area contributed by atoms with Gasteiger partial charge in [-0.25, -0.2) is 8.42 Å². The highest BCUT2D eigenvalue weighted by atomic mass is 32.2. The highest BCUT2D eigenvalue weighted by Gasteiger charge is 2.24. The van der Waals surface area contributed by atoms with E-state index in [1.54, 1.807) is 0 Å². The fraction of sp³-hybridized carbons (Fsp3) is 0.562.